The molecule has 0 bridgehead atoms. The summed E-state index contributed by atoms with van der Waals surface area (Å²) >= 11 is 0. The number of aromatic hydroxyl groups is 1. The molecule has 1 N–H and O–H groups in total. The lowest BCUT2D eigenvalue weighted by Crippen LogP contribution is -1.99. The molecule has 0 unspecified atom stereocenters. The topological polar surface area (TPSA) is 68.0 Å². The summed E-state index contributed by atoms with van der Waals surface area (Å²) in [6.45, 7) is 0. The molecule has 0 fully saturated rings. The van der Waals surface area contributed by atoms with Crippen LogP contribution in [0.5, 0.6) is 5.75 Å². The van der Waals surface area contributed by atoms with Crippen molar-refractivity contribution in [1.29, 1.82) is 0 Å². The summed E-state index contributed by atoms with van der Waals surface area (Å²) in [7, 11) is 0. The summed E-state index contributed by atoms with van der Waals surface area (Å²) < 4.78 is 0. The van der Waals surface area contributed by atoms with Gasteiger partial charge in [0, 0.05) is 10.9 Å². The molecule has 0 atom stereocenters. The standard InChI is InChI=1S/C17H11N3O2/c21-10-11-5-8-15(16(22)9-11)20-18-14-7-6-12-3-1-2-4-13(12)17(14)19-20/h1-10,22H. The molecular formula is C17H11N3O2. The van der Waals surface area contributed by atoms with E-state index in [0.29, 0.717) is 17.5 Å². The Morgan fingerprint density at radius 3 is 2.68 bits per heavy atom. The van der Waals surface area contributed by atoms with Gasteiger partial charge in [-0.1, -0.05) is 30.3 Å². The molecule has 0 aliphatic rings. The monoisotopic (exact) mass is 289 g/mol. The number of carbonyl (C=O) groups excluding carboxylic acids is 1. The third-order valence-corrected chi connectivity index (χ3v) is 3.63. The molecule has 22 heavy (non-hydrogen) atoms. The summed E-state index contributed by atoms with van der Waals surface area (Å²) in [6.07, 6.45) is 0.685. The molecule has 3 aromatic carbocycles. The third-order valence-electron chi connectivity index (χ3n) is 3.63. The maximum atomic E-state index is 10.7. The smallest absolute Gasteiger partial charge is 0.150 e. The van der Waals surface area contributed by atoms with Crippen molar-refractivity contribution < 1.29 is 9.90 Å². The largest absolute Gasteiger partial charge is 0.506 e. The number of carbonyl (C=O) groups is 1. The maximum Gasteiger partial charge on any atom is 0.150 e. The average Bonchev–Trinajstić information content (AvgIpc) is 2.99. The van der Waals surface area contributed by atoms with E-state index in [0.717, 1.165) is 21.8 Å². The minimum atomic E-state index is -0.0331. The Balaban J connectivity index is 1.96. The molecule has 0 amide bonds. The van der Waals surface area contributed by atoms with Gasteiger partial charge in [0.05, 0.1) is 0 Å². The first kappa shape index (κ1) is 12.5. The van der Waals surface area contributed by atoms with E-state index >= 15 is 0 Å². The van der Waals surface area contributed by atoms with Crippen LogP contribution in [0.25, 0.3) is 27.5 Å². The molecule has 4 aromatic rings. The second-order valence-electron chi connectivity index (χ2n) is 5.01. The highest BCUT2D eigenvalue weighted by molar-refractivity contribution is 6.03. The Bertz CT molecular complexity index is 1020. The Hall–Kier alpha value is -3.21. The van der Waals surface area contributed by atoms with Gasteiger partial charge in [-0.15, -0.1) is 15.0 Å². The molecule has 5 heteroatoms. The molecule has 1 aromatic heterocycles. The van der Waals surface area contributed by atoms with Crippen LogP contribution in [0, 0.1) is 0 Å². The van der Waals surface area contributed by atoms with Gasteiger partial charge < -0.3 is 5.11 Å². The highest BCUT2D eigenvalue weighted by Crippen LogP contribution is 2.26. The molecule has 5 nitrogen and oxygen atoms in total. The fourth-order valence-electron chi connectivity index (χ4n) is 2.54. The van der Waals surface area contributed by atoms with E-state index in [1.54, 1.807) is 12.1 Å². The molecule has 0 saturated carbocycles. The Labute approximate surface area is 125 Å². The number of hydrogen-bond donors (Lipinski definition) is 1. The second kappa shape index (κ2) is 4.66. The normalized spacial score (nSPS) is 11.1. The van der Waals surface area contributed by atoms with Crippen LogP contribution in [0.4, 0.5) is 0 Å². The van der Waals surface area contributed by atoms with Crippen molar-refractivity contribution in [2.45, 2.75) is 0 Å². The second-order valence-corrected chi connectivity index (χ2v) is 5.01. The zero-order chi connectivity index (χ0) is 15.1. The lowest BCUT2D eigenvalue weighted by Gasteiger charge is -2.02. The van der Waals surface area contributed by atoms with Crippen LogP contribution < -0.4 is 0 Å². The number of nitrogens with zero attached hydrogens (tertiary/aromatic N) is 3. The summed E-state index contributed by atoms with van der Waals surface area (Å²) in [5, 5.41) is 21.0. The predicted octanol–water partition coefficient (Wildman–Crippen LogP) is 3.09. The first-order valence-electron chi connectivity index (χ1n) is 6.79. The van der Waals surface area contributed by atoms with E-state index in [1.807, 2.05) is 36.4 Å². The minimum Gasteiger partial charge on any atom is -0.506 e. The molecule has 4 rings (SSSR count). The number of phenolic OH excluding ortho intramolecular Hbond substituents is 1. The van der Waals surface area contributed by atoms with Gasteiger partial charge in [0.1, 0.15) is 28.8 Å². The van der Waals surface area contributed by atoms with Gasteiger partial charge in [-0.2, -0.15) is 0 Å². The lowest BCUT2D eigenvalue weighted by atomic mass is 10.1. The first-order chi connectivity index (χ1) is 10.8. The number of aldehydes is 1. The molecule has 0 spiro atoms. The van der Waals surface area contributed by atoms with Crippen LogP contribution in [-0.2, 0) is 0 Å². The Morgan fingerprint density at radius 1 is 1.00 bits per heavy atom. The van der Waals surface area contributed by atoms with Crippen molar-refractivity contribution >= 4 is 28.1 Å². The van der Waals surface area contributed by atoms with Crippen LogP contribution in [-0.4, -0.2) is 26.4 Å². The SMILES string of the molecule is O=Cc1ccc(-n2nc3ccc4ccccc4c3n2)c(O)c1. The predicted molar refractivity (Wildman–Crippen MR) is 83.4 cm³/mol. The van der Waals surface area contributed by atoms with E-state index in [-0.39, 0.29) is 5.75 Å². The van der Waals surface area contributed by atoms with Gasteiger partial charge in [0.25, 0.3) is 0 Å². The van der Waals surface area contributed by atoms with Crippen molar-refractivity contribution in [3.8, 4) is 11.4 Å². The maximum absolute atomic E-state index is 10.7. The van der Waals surface area contributed by atoms with E-state index < -0.39 is 0 Å². The summed E-state index contributed by atoms with van der Waals surface area (Å²) in [4.78, 5) is 12.1. The quantitative estimate of drug-likeness (QED) is 0.576. The highest BCUT2D eigenvalue weighted by Gasteiger charge is 2.11. The number of benzene rings is 3. The van der Waals surface area contributed by atoms with Crippen molar-refractivity contribution in [3.63, 3.8) is 0 Å². The first-order valence-corrected chi connectivity index (χ1v) is 6.79. The zero-order valence-electron chi connectivity index (χ0n) is 11.5. The average molecular weight is 289 g/mol. The van der Waals surface area contributed by atoms with Crippen LogP contribution in [0.15, 0.2) is 54.6 Å². The van der Waals surface area contributed by atoms with Gasteiger partial charge in [-0.3, -0.25) is 4.79 Å². The van der Waals surface area contributed by atoms with Crippen LogP contribution in [0.2, 0.25) is 0 Å². The number of phenols is 1. The fourth-order valence-corrected chi connectivity index (χ4v) is 2.54. The van der Waals surface area contributed by atoms with Crippen LogP contribution in [0.1, 0.15) is 10.4 Å². The third kappa shape index (κ3) is 1.83. The van der Waals surface area contributed by atoms with Gasteiger partial charge >= 0.3 is 0 Å². The van der Waals surface area contributed by atoms with E-state index in [1.165, 1.54) is 10.9 Å². The molecule has 106 valence electrons. The summed E-state index contributed by atoms with van der Waals surface area (Å²) in [5.74, 6) is -0.0331. The van der Waals surface area contributed by atoms with Crippen LogP contribution in [0.3, 0.4) is 0 Å². The molecule has 0 aliphatic heterocycles. The fraction of sp³-hybridized carbons (Fsp3) is 0. The Morgan fingerprint density at radius 2 is 1.86 bits per heavy atom. The van der Waals surface area contributed by atoms with Gasteiger partial charge in [-0.25, -0.2) is 0 Å². The number of fused-ring (bicyclic) bond motifs is 3. The lowest BCUT2D eigenvalue weighted by molar-refractivity contribution is 0.112. The summed E-state index contributed by atoms with van der Waals surface area (Å²) in [6, 6.07) is 16.5. The van der Waals surface area contributed by atoms with E-state index in [4.69, 9.17) is 0 Å². The minimum absolute atomic E-state index is 0.0331. The molecule has 0 saturated heterocycles. The van der Waals surface area contributed by atoms with Gasteiger partial charge in [0.15, 0.2) is 0 Å². The Kier molecular flexibility index (Phi) is 2.66. The molecular weight excluding hydrogens is 278 g/mol. The summed E-state index contributed by atoms with van der Waals surface area (Å²) in [5.41, 5.74) is 2.36. The molecule has 0 radical (unpaired) electrons. The van der Waals surface area contributed by atoms with E-state index in [9.17, 15) is 9.90 Å². The van der Waals surface area contributed by atoms with Gasteiger partial charge in [-0.05, 0) is 29.7 Å². The van der Waals surface area contributed by atoms with Crippen LogP contribution >= 0.6 is 0 Å². The molecule has 0 aliphatic carbocycles. The van der Waals surface area contributed by atoms with Gasteiger partial charge in [0.2, 0.25) is 0 Å². The number of hydrogen-bond acceptors (Lipinski definition) is 4. The van der Waals surface area contributed by atoms with Crippen molar-refractivity contribution in [2.24, 2.45) is 0 Å². The number of rotatable bonds is 2. The van der Waals surface area contributed by atoms with Crippen molar-refractivity contribution in [2.75, 3.05) is 0 Å². The van der Waals surface area contributed by atoms with Crippen molar-refractivity contribution in [3.05, 3.63) is 60.2 Å². The zero-order valence-corrected chi connectivity index (χ0v) is 11.5. The molecule has 1 heterocycles. The van der Waals surface area contributed by atoms with Crippen molar-refractivity contribution in [1.82, 2.24) is 15.0 Å². The number of aromatic nitrogens is 3. The highest BCUT2D eigenvalue weighted by atomic mass is 16.3. The van der Waals surface area contributed by atoms with E-state index in [2.05, 4.69) is 10.2 Å².